The Morgan fingerprint density at radius 2 is 1.74 bits per heavy atom. The van der Waals surface area contributed by atoms with Gasteiger partial charge < -0.3 is 33.9 Å². The molecule has 2 aromatic carbocycles. The van der Waals surface area contributed by atoms with E-state index >= 15 is 4.39 Å². The molecule has 4 aliphatic rings. The van der Waals surface area contributed by atoms with Gasteiger partial charge in [-0.1, -0.05) is 12.1 Å². The summed E-state index contributed by atoms with van der Waals surface area (Å²) in [4.78, 5) is 47.8. The van der Waals surface area contributed by atoms with Crippen LogP contribution in [0.15, 0.2) is 42.7 Å². The first-order valence-corrected chi connectivity index (χ1v) is 15.6. The van der Waals surface area contributed by atoms with Gasteiger partial charge in [-0.25, -0.2) is 14.2 Å². The molecule has 2 saturated heterocycles. The fourth-order valence-electron chi connectivity index (χ4n) is 7.32. The molecule has 2 amide bonds. The molecule has 10 nitrogen and oxygen atoms in total. The Bertz CT molecular complexity index is 1680. The molecule has 0 bridgehead atoms. The van der Waals surface area contributed by atoms with Crippen LogP contribution in [-0.2, 0) is 29.0 Å². The van der Waals surface area contributed by atoms with Gasteiger partial charge in [0.1, 0.15) is 17.5 Å². The molecule has 1 aromatic heterocycles. The number of halogens is 1. The SMILES string of the molecule is CC(C)(C)OC(=O)N1CC2(CCN(c3ccc(-c4cc(F)c5c(c4)C(=O)N(C(C(=O)[O-])c4ncn6c4CCC6)C5)cc3)CC2)C1.[Li+]. The minimum absolute atomic E-state index is 0. The van der Waals surface area contributed by atoms with Crippen LogP contribution in [0.4, 0.5) is 14.9 Å². The zero-order valence-corrected chi connectivity index (χ0v) is 26.8. The monoisotopic (exact) mass is 621 g/mol. The van der Waals surface area contributed by atoms with Gasteiger partial charge in [-0.3, -0.25) is 4.79 Å². The summed E-state index contributed by atoms with van der Waals surface area (Å²) >= 11 is 0. The first kappa shape index (κ1) is 32.1. The second-order valence-electron chi connectivity index (χ2n) is 13.9. The quantitative estimate of drug-likeness (QED) is 0.390. The maximum Gasteiger partial charge on any atom is 1.00 e. The van der Waals surface area contributed by atoms with E-state index < -0.39 is 29.3 Å². The second kappa shape index (κ2) is 11.8. The zero-order valence-electron chi connectivity index (χ0n) is 26.8. The van der Waals surface area contributed by atoms with Gasteiger partial charge in [-0.15, -0.1) is 0 Å². The predicted molar refractivity (Wildman–Crippen MR) is 162 cm³/mol. The smallest absolute Gasteiger partial charge is 0.547 e. The minimum atomic E-state index is -1.43. The van der Waals surface area contributed by atoms with E-state index in [1.54, 1.807) is 17.3 Å². The molecule has 1 unspecified atom stereocenters. The Labute approximate surface area is 279 Å². The number of amides is 2. The molecule has 236 valence electrons. The van der Waals surface area contributed by atoms with Crippen LogP contribution in [0, 0.1) is 11.2 Å². The van der Waals surface area contributed by atoms with Crippen molar-refractivity contribution in [1.82, 2.24) is 19.4 Å². The number of carboxylic acids is 1. The van der Waals surface area contributed by atoms with E-state index in [1.165, 1.54) is 6.07 Å². The summed E-state index contributed by atoms with van der Waals surface area (Å²) in [6.07, 6.45) is 4.87. The number of nitrogens with zero attached hydrogens (tertiary/aromatic N) is 5. The number of imidazole rings is 1. The topological polar surface area (TPSA) is 111 Å². The third-order valence-electron chi connectivity index (χ3n) is 9.69. The largest absolute Gasteiger partial charge is 1.00 e. The Hall–Kier alpha value is -3.81. The summed E-state index contributed by atoms with van der Waals surface area (Å²) in [5.74, 6) is -2.52. The molecule has 46 heavy (non-hydrogen) atoms. The van der Waals surface area contributed by atoms with Gasteiger partial charge in [0, 0.05) is 60.6 Å². The number of benzene rings is 2. The van der Waals surface area contributed by atoms with E-state index in [9.17, 15) is 19.5 Å². The van der Waals surface area contributed by atoms with Gasteiger partial charge in [-0.2, -0.15) is 0 Å². The van der Waals surface area contributed by atoms with Crippen LogP contribution in [0.2, 0.25) is 0 Å². The number of rotatable bonds is 5. The maximum absolute atomic E-state index is 15.4. The van der Waals surface area contributed by atoms with Crippen LogP contribution < -0.4 is 28.9 Å². The third-order valence-corrected chi connectivity index (χ3v) is 9.69. The van der Waals surface area contributed by atoms with Crippen molar-refractivity contribution in [3.8, 4) is 11.1 Å². The van der Waals surface area contributed by atoms with Gasteiger partial charge in [0.25, 0.3) is 5.91 Å². The van der Waals surface area contributed by atoms with Crippen molar-refractivity contribution in [3.05, 3.63) is 71.1 Å². The van der Waals surface area contributed by atoms with Crippen LogP contribution in [0.25, 0.3) is 11.1 Å². The number of carbonyl (C=O) groups excluding carboxylic acids is 3. The third kappa shape index (κ3) is 5.69. The standard InChI is InChI=1S/C34H38FN5O5.Li/c1-33(2,3)45-32(44)39-18-34(19-39)10-13-37(14-11-34)23-8-6-21(7-9-23)22-15-24-25(26(35)16-22)17-40(30(24)41)29(31(42)43)28-27-5-4-12-38(27)20-36-28;/h6-9,15-16,20,29H,4-5,10-14,17-19H2,1-3H3,(H,42,43);/q;+1/p-1. The number of piperidine rings is 1. The van der Waals surface area contributed by atoms with Gasteiger partial charge in [-0.05, 0) is 81.8 Å². The molecule has 0 N–H and O–H groups in total. The van der Waals surface area contributed by atoms with Crippen molar-refractivity contribution in [2.45, 2.75) is 71.2 Å². The molecule has 4 aliphatic heterocycles. The number of likely N-dealkylation sites (tertiary alicyclic amines) is 1. The number of carbonyl (C=O) groups is 3. The van der Waals surface area contributed by atoms with Crippen LogP contribution in [0.3, 0.4) is 0 Å². The number of ether oxygens (including phenoxy) is 1. The summed E-state index contributed by atoms with van der Waals surface area (Å²) in [7, 11) is 0. The average molecular weight is 622 g/mol. The fraction of sp³-hybridized carbons (Fsp3) is 0.471. The Morgan fingerprint density at radius 3 is 2.39 bits per heavy atom. The Balaban J connectivity index is 0.00000372. The number of aryl methyl sites for hydroxylation is 1. The Kier molecular flexibility index (Phi) is 8.22. The second-order valence-corrected chi connectivity index (χ2v) is 13.9. The average Bonchev–Trinajstić information content (AvgIpc) is 3.68. The molecule has 5 heterocycles. The molecule has 3 aromatic rings. The molecule has 0 saturated carbocycles. The van der Waals surface area contributed by atoms with Crippen molar-refractivity contribution in [2.75, 3.05) is 31.1 Å². The van der Waals surface area contributed by atoms with Gasteiger partial charge >= 0.3 is 25.0 Å². The van der Waals surface area contributed by atoms with Gasteiger partial charge in [0.2, 0.25) is 0 Å². The van der Waals surface area contributed by atoms with E-state index in [0.29, 0.717) is 17.7 Å². The number of anilines is 1. The van der Waals surface area contributed by atoms with E-state index in [4.69, 9.17) is 4.74 Å². The van der Waals surface area contributed by atoms with Crippen molar-refractivity contribution in [3.63, 3.8) is 0 Å². The fourth-order valence-corrected chi connectivity index (χ4v) is 7.32. The van der Waals surface area contributed by atoms with Crippen molar-refractivity contribution in [2.24, 2.45) is 5.41 Å². The molecule has 1 spiro atoms. The first-order chi connectivity index (χ1) is 21.4. The number of fused-ring (bicyclic) bond motifs is 2. The van der Waals surface area contributed by atoms with Crippen LogP contribution in [0.5, 0.6) is 0 Å². The molecular weight excluding hydrogens is 584 g/mol. The first-order valence-electron chi connectivity index (χ1n) is 15.6. The summed E-state index contributed by atoms with van der Waals surface area (Å²) < 4.78 is 22.9. The van der Waals surface area contributed by atoms with Gasteiger partial charge in [0.15, 0.2) is 0 Å². The van der Waals surface area contributed by atoms with E-state index in [1.807, 2.05) is 49.6 Å². The number of aliphatic carboxylic acids is 1. The summed E-state index contributed by atoms with van der Waals surface area (Å²) in [5.41, 5.74) is 3.45. The normalized spacial score (nSPS) is 19.0. The predicted octanol–water partition coefficient (Wildman–Crippen LogP) is 0.924. The Morgan fingerprint density at radius 1 is 1.04 bits per heavy atom. The van der Waals surface area contributed by atoms with E-state index in [0.717, 1.165) is 73.8 Å². The van der Waals surface area contributed by atoms with Crippen LogP contribution in [-0.4, -0.2) is 69.1 Å². The van der Waals surface area contributed by atoms with Gasteiger partial charge in [0.05, 0.1) is 24.5 Å². The summed E-state index contributed by atoms with van der Waals surface area (Å²) in [5, 5.41) is 12.3. The molecule has 12 heteroatoms. The number of aromatic nitrogens is 2. The van der Waals surface area contributed by atoms with Crippen LogP contribution in [0.1, 0.15) is 73.4 Å². The maximum atomic E-state index is 15.4. The van der Waals surface area contributed by atoms with Crippen molar-refractivity contribution in [1.29, 1.82) is 0 Å². The van der Waals surface area contributed by atoms with E-state index in [2.05, 4.69) is 9.88 Å². The summed E-state index contributed by atoms with van der Waals surface area (Å²) in [6.45, 7) is 9.42. The molecule has 7 rings (SSSR count). The minimum Gasteiger partial charge on any atom is -0.547 e. The molecule has 2 fully saturated rings. The molecule has 0 aliphatic carbocycles. The van der Waals surface area contributed by atoms with Crippen molar-refractivity contribution < 1.29 is 47.5 Å². The molecule has 0 radical (unpaired) electrons. The zero-order chi connectivity index (χ0) is 31.7. The van der Waals surface area contributed by atoms with Crippen LogP contribution >= 0.6 is 0 Å². The number of hydrogen-bond acceptors (Lipinski definition) is 7. The number of carboxylic acid groups (broad SMARTS) is 1. The van der Waals surface area contributed by atoms with Crippen molar-refractivity contribution >= 4 is 23.7 Å². The molecule has 1 atom stereocenters. The molecular formula is C34H37FLiN5O5. The number of hydrogen-bond donors (Lipinski definition) is 0. The summed E-state index contributed by atoms with van der Waals surface area (Å²) in [6, 6.07) is 9.53. The van der Waals surface area contributed by atoms with E-state index in [-0.39, 0.29) is 48.0 Å².